The van der Waals surface area contributed by atoms with Crippen molar-refractivity contribution in [2.75, 3.05) is 4.90 Å². The van der Waals surface area contributed by atoms with Gasteiger partial charge in [0.15, 0.2) is 0 Å². The van der Waals surface area contributed by atoms with E-state index in [1.807, 2.05) is 0 Å². The van der Waals surface area contributed by atoms with E-state index in [1.54, 1.807) is 0 Å². The van der Waals surface area contributed by atoms with Gasteiger partial charge in [0, 0.05) is 33.5 Å². The first kappa shape index (κ1) is 35.7. The Kier molecular flexibility index (Phi) is 8.78. The molecule has 0 amide bonds. The Morgan fingerprint density at radius 1 is 0.450 bits per heavy atom. The zero-order valence-electron chi connectivity index (χ0n) is 33.9. The summed E-state index contributed by atoms with van der Waals surface area (Å²) in [5, 5.41) is 5.10. The minimum absolute atomic E-state index is 0.473. The maximum absolute atomic E-state index is 2.43. The van der Waals surface area contributed by atoms with E-state index < -0.39 is 0 Å². The van der Waals surface area contributed by atoms with Crippen LogP contribution in [0.25, 0.3) is 77.7 Å². The van der Waals surface area contributed by atoms with Gasteiger partial charge in [0.2, 0.25) is 0 Å². The van der Waals surface area contributed by atoms with Gasteiger partial charge in [-0.3, -0.25) is 0 Å². The second-order valence-electron chi connectivity index (χ2n) is 16.3. The summed E-state index contributed by atoms with van der Waals surface area (Å²) in [6.07, 6.45) is 5.77. The van der Waals surface area contributed by atoms with E-state index in [2.05, 4.69) is 236 Å². The topological polar surface area (TPSA) is 8.17 Å². The van der Waals surface area contributed by atoms with Crippen molar-refractivity contribution in [3.63, 3.8) is 0 Å². The lowest BCUT2D eigenvalue weighted by Crippen LogP contribution is -2.10. The molecule has 1 aliphatic rings. The van der Waals surface area contributed by atoms with Crippen molar-refractivity contribution >= 4 is 55.7 Å². The molecule has 0 saturated heterocycles. The third-order valence-corrected chi connectivity index (χ3v) is 12.3. The van der Waals surface area contributed by atoms with Crippen LogP contribution in [0.1, 0.15) is 23.6 Å². The Bertz CT molecular complexity index is 3190. The zero-order valence-corrected chi connectivity index (χ0v) is 33.9. The minimum Gasteiger partial charge on any atom is -0.310 e. The highest BCUT2D eigenvalue weighted by Gasteiger charge is 2.24. The largest absolute Gasteiger partial charge is 0.310 e. The molecule has 0 bridgehead atoms. The normalized spacial score (nSPS) is 13.5. The molecule has 2 nitrogen and oxygen atoms in total. The van der Waals surface area contributed by atoms with Crippen LogP contribution in [0.15, 0.2) is 206 Å². The maximum atomic E-state index is 2.43. The molecule has 9 aromatic carbocycles. The first-order valence-electron chi connectivity index (χ1n) is 21.1. The number of aryl methyl sites for hydroxylation is 1. The predicted molar refractivity (Wildman–Crippen MR) is 256 cm³/mol. The van der Waals surface area contributed by atoms with Gasteiger partial charge in [-0.2, -0.15) is 0 Å². The average Bonchev–Trinajstić information content (AvgIpc) is 3.63. The number of hydrogen-bond donors (Lipinski definition) is 0. The number of fused-ring (bicyclic) bond motifs is 5. The quantitative estimate of drug-likeness (QED) is 0.157. The molecule has 0 radical (unpaired) electrons. The second kappa shape index (κ2) is 14.8. The van der Waals surface area contributed by atoms with Crippen LogP contribution in [-0.4, -0.2) is 4.57 Å². The number of allylic oxidation sites excluding steroid dienone is 1. The molecule has 1 aromatic heterocycles. The van der Waals surface area contributed by atoms with E-state index in [4.69, 9.17) is 0 Å². The van der Waals surface area contributed by atoms with Gasteiger partial charge in [-0.15, -0.1) is 0 Å². The van der Waals surface area contributed by atoms with E-state index in [9.17, 15) is 0 Å². The lowest BCUT2D eigenvalue weighted by atomic mass is 9.78. The van der Waals surface area contributed by atoms with Gasteiger partial charge in [-0.1, -0.05) is 153 Å². The summed E-state index contributed by atoms with van der Waals surface area (Å²) in [6, 6.07) is 73.3. The van der Waals surface area contributed by atoms with Crippen LogP contribution in [0.5, 0.6) is 0 Å². The molecule has 1 unspecified atom stereocenters. The van der Waals surface area contributed by atoms with Gasteiger partial charge in [-0.25, -0.2) is 0 Å². The van der Waals surface area contributed by atoms with Gasteiger partial charge < -0.3 is 9.47 Å². The summed E-state index contributed by atoms with van der Waals surface area (Å²) in [5.41, 5.74) is 18.6. The monoisotopic (exact) mass is 768 g/mol. The van der Waals surface area contributed by atoms with Gasteiger partial charge in [0.05, 0.1) is 11.0 Å². The van der Waals surface area contributed by atoms with Crippen molar-refractivity contribution in [1.82, 2.24) is 4.57 Å². The van der Waals surface area contributed by atoms with Gasteiger partial charge in [0.1, 0.15) is 0 Å². The van der Waals surface area contributed by atoms with Crippen LogP contribution in [0.2, 0.25) is 0 Å². The molecular formula is C58H44N2. The summed E-state index contributed by atoms with van der Waals surface area (Å²) in [6.45, 7) is 4.53. The second-order valence-corrected chi connectivity index (χ2v) is 16.3. The summed E-state index contributed by atoms with van der Waals surface area (Å²) < 4.78 is 2.43. The van der Waals surface area contributed by atoms with E-state index in [0.29, 0.717) is 5.92 Å². The maximum Gasteiger partial charge on any atom is 0.0541 e. The first-order valence-corrected chi connectivity index (χ1v) is 21.1. The number of para-hydroxylation sites is 3. The summed E-state index contributed by atoms with van der Waals surface area (Å²) >= 11 is 0. The molecule has 0 saturated carbocycles. The molecule has 286 valence electrons. The first-order chi connectivity index (χ1) is 29.6. The van der Waals surface area contributed by atoms with Crippen molar-refractivity contribution < 1.29 is 0 Å². The van der Waals surface area contributed by atoms with Crippen molar-refractivity contribution in [2.24, 2.45) is 5.92 Å². The summed E-state index contributed by atoms with van der Waals surface area (Å²) in [7, 11) is 0. The number of hydrogen-bond acceptors (Lipinski definition) is 1. The van der Waals surface area contributed by atoms with Gasteiger partial charge in [0.25, 0.3) is 0 Å². The molecule has 2 heteroatoms. The average molecular weight is 769 g/mol. The molecule has 1 aliphatic carbocycles. The summed E-state index contributed by atoms with van der Waals surface area (Å²) in [4.78, 5) is 2.35. The highest BCUT2D eigenvalue weighted by atomic mass is 15.1. The van der Waals surface area contributed by atoms with Crippen molar-refractivity contribution in [2.45, 2.75) is 20.3 Å². The minimum atomic E-state index is 0.473. The van der Waals surface area contributed by atoms with Crippen LogP contribution in [-0.2, 0) is 6.42 Å². The zero-order chi connectivity index (χ0) is 40.2. The smallest absolute Gasteiger partial charge is 0.0541 e. The molecule has 0 fully saturated rings. The lowest BCUT2D eigenvalue weighted by Gasteiger charge is -2.26. The Morgan fingerprint density at radius 2 is 1.02 bits per heavy atom. The molecule has 1 heterocycles. The fraction of sp³-hybridized carbons (Fsp3) is 0.0690. The molecular weight excluding hydrogens is 725 g/mol. The molecule has 10 aromatic rings. The third kappa shape index (κ3) is 6.12. The van der Waals surface area contributed by atoms with Crippen molar-refractivity contribution in [1.29, 1.82) is 0 Å². The Labute approximate surface area is 351 Å². The molecule has 0 aliphatic heterocycles. The molecule has 0 spiro atoms. The van der Waals surface area contributed by atoms with Gasteiger partial charge in [-0.05, 0) is 147 Å². The van der Waals surface area contributed by atoms with Crippen LogP contribution in [0, 0.1) is 12.8 Å². The summed E-state index contributed by atoms with van der Waals surface area (Å²) in [5.74, 6) is 0.473. The number of nitrogens with zero attached hydrogens (tertiary/aromatic N) is 2. The molecule has 11 rings (SSSR count). The Morgan fingerprint density at radius 3 is 1.72 bits per heavy atom. The van der Waals surface area contributed by atoms with Gasteiger partial charge >= 0.3 is 0 Å². The molecule has 1 atom stereocenters. The highest BCUT2D eigenvalue weighted by molar-refractivity contribution is 6.12. The highest BCUT2D eigenvalue weighted by Crippen LogP contribution is 2.46. The lowest BCUT2D eigenvalue weighted by molar-refractivity contribution is 0.719. The SMILES string of the molecule is Cc1cc(-c2ccc3c(c2)c2ccccc2n3-c2ccc(-c3c4c(c(-c5ccccc5)c5ccccc35)C=CC(C)C4)cc2)cc(N(c2ccccc2)c2ccccc2)c1. The predicted octanol–water partition coefficient (Wildman–Crippen LogP) is 15.9. The van der Waals surface area contributed by atoms with E-state index in [-0.39, 0.29) is 0 Å². The number of aromatic nitrogens is 1. The molecule has 60 heavy (non-hydrogen) atoms. The van der Waals surface area contributed by atoms with E-state index in [0.717, 1.165) is 29.2 Å². The van der Waals surface area contributed by atoms with Crippen molar-refractivity contribution in [3.05, 3.63) is 223 Å². The van der Waals surface area contributed by atoms with E-state index >= 15 is 0 Å². The standard InChI is InChI=1S/C58H44N2/c1-39-26-32-52-54(36-39)58(51-24-13-12-23-50(51)57(52)41-16-6-3-7-17-41)42-27-30-47(31-28-42)60-55-25-15-14-22-49(55)53-38-43(29-33-56(53)60)44-34-40(2)35-48(37-44)59(45-18-8-4-9-19-45)46-20-10-5-11-21-46/h3-35,37-39H,36H2,1-2H3. The fourth-order valence-electron chi connectivity index (χ4n) is 9.67. The van der Waals surface area contributed by atoms with Crippen LogP contribution in [0.4, 0.5) is 17.1 Å². The van der Waals surface area contributed by atoms with Crippen LogP contribution < -0.4 is 4.90 Å². The third-order valence-electron chi connectivity index (χ3n) is 12.3. The Balaban J connectivity index is 1.03. The Hall–Kier alpha value is -7.42. The number of anilines is 3. The van der Waals surface area contributed by atoms with E-state index in [1.165, 1.54) is 82.6 Å². The molecule has 0 N–H and O–H groups in total. The van der Waals surface area contributed by atoms with Crippen molar-refractivity contribution in [3.8, 4) is 39.1 Å². The number of benzene rings is 9. The van der Waals surface area contributed by atoms with Crippen LogP contribution >= 0.6 is 0 Å². The number of rotatable bonds is 7. The van der Waals surface area contributed by atoms with Crippen LogP contribution in [0.3, 0.4) is 0 Å². The fourth-order valence-corrected chi connectivity index (χ4v) is 9.67.